The van der Waals surface area contributed by atoms with Crippen LogP contribution in [0.3, 0.4) is 0 Å². The van der Waals surface area contributed by atoms with E-state index < -0.39 is 67.1 Å². The highest BCUT2D eigenvalue weighted by Gasteiger charge is 2.45. The average Bonchev–Trinajstić information content (AvgIpc) is 0.684. The second-order valence-corrected chi connectivity index (χ2v) is 21.1. The van der Waals surface area contributed by atoms with Crippen molar-refractivity contribution in [3.05, 3.63) is 296 Å². The van der Waals surface area contributed by atoms with Crippen LogP contribution in [-0.4, -0.2) is 6.71 Å². The summed E-state index contributed by atoms with van der Waals surface area (Å²) in [7, 11) is 0. The highest BCUT2D eigenvalue weighted by atomic mass is 15.2. The fourth-order valence-corrected chi connectivity index (χ4v) is 11.9. The maximum Gasteiger partial charge on any atom is 0.252 e. The Labute approximate surface area is 500 Å². The second-order valence-electron chi connectivity index (χ2n) is 21.1. The smallest absolute Gasteiger partial charge is 0.252 e. The van der Waals surface area contributed by atoms with Gasteiger partial charge in [-0.05, 0) is 119 Å². The van der Waals surface area contributed by atoms with Gasteiger partial charge >= 0.3 is 0 Å². The Kier molecular flexibility index (Phi) is 9.01. The van der Waals surface area contributed by atoms with E-state index in [9.17, 15) is 13.7 Å². The Hall–Kier alpha value is -9.70. The predicted molar refractivity (Wildman–Crippen MR) is 347 cm³/mol. The molecule has 3 heteroatoms. The van der Waals surface area contributed by atoms with Crippen molar-refractivity contribution in [3.8, 4) is 77.9 Å². The molecule has 0 N–H and O–H groups in total. The van der Waals surface area contributed by atoms with E-state index in [1.165, 1.54) is 0 Å². The molecule has 2 heterocycles. The largest absolute Gasteiger partial charge is 0.310 e. The minimum atomic E-state index is -0.998. The molecule has 14 rings (SSSR count). The zero-order valence-electron chi connectivity index (χ0n) is 61.0. The summed E-state index contributed by atoms with van der Waals surface area (Å²) in [5.74, 6) is 0.126. The standard InChI is InChI=1S/C78H61BN2/c1-52(2)60-41-44-64(69(47-60)53(3)4)63-50-74-76-75(51-63)81(78-67(58-33-19-9-20-34-58)39-24-40-68(78)59-35-21-10-22-36-59)73-46-43-62(55-27-13-6-14-28-55)49-71(73)79(76)70-48-61(54-25-11-5-12-26-54)42-45-72(70)80(74)77-65(56-29-15-7-16-30-56)37-23-38-66(77)57-31-17-8-18-32-57/h5-53H,1-4H3/i5D,6D,11D,12D,13D,14D,23D,24D,25D,26D,27D,28D,37D,38D,39D,40D. The van der Waals surface area contributed by atoms with Crippen LogP contribution in [0.4, 0.5) is 34.1 Å². The molecule has 0 aliphatic carbocycles. The Bertz CT molecular complexity index is 4780. The fraction of sp³-hybridized carbons (Fsp3) is 0.0769. The van der Waals surface area contributed by atoms with Crippen LogP contribution in [0, 0.1) is 0 Å². The van der Waals surface area contributed by atoms with Crippen molar-refractivity contribution in [1.29, 1.82) is 0 Å². The lowest BCUT2D eigenvalue weighted by Gasteiger charge is -2.46. The Morgan fingerprint density at radius 3 is 1.07 bits per heavy atom. The van der Waals surface area contributed by atoms with Crippen molar-refractivity contribution in [3.63, 3.8) is 0 Å². The summed E-state index contributed by atoms with van der Waals surface area (Å²) in [5, 5.41) is 0. The van der Waals surface area contributed by atoms with Crippen LogP contribution in [0.5, 0.6) is 0 Å². The summed E-state index contributed by atoms with van der Waals surface area (Å²) in [5.41, 5.74) is 11.6. The van der Waals surface area contributed by atoms with E-state index in [0.717, 1.165) is 16.7 Å². The topological polar surface area (TPSA) is 6.48 Å². The van der Waals surface area contributed by atoms with Gasteiger partial charge in [-0.15, -0.1) is 0 Å². The van der Waals surface area contributed by atoms with Crippen LogP contribution in [0.15, 0.2) is 285 Å². The van der Waals surface area contributed by atoms with Crippen LogP contribution in [0.25, 0.3) is 77.9 Å². The first-order valence-electron chi connectivity index (χ1n) is 35.4. The minimum Gasteiger partial charge on any atom is -0.310 e. The van der Waals surface area contributed by atoms with Gasteiger partial charge in [0.1, 0.15) is 0 Å². The molecule has 0 bridgehead atoms. The van der Waals surface area contributed by atoms with Crippen LogP contribution in [-0.2, 0) is 0 Å². The van der Waals surface area contributed by atoms with Crippen molar-refractivity contribution >= 4 is 57.2 Å². The number of benzene rings is 12. The highest BCUT2D eigenvalue weighted by molar-refractivity contribution is 7.00. The Morgan fingerprint density at radius 1 is 0.309 bits per heavy atom. The van der Waals surface area contributed by atoms with E-state index in [0.29, 0.717) is 101 Å². The number of hydrogen-bond acceptors (Lipinski definition) is 2. The monoisotopic (exact) mass is 1050 g/mol. The first kappa shape index (κ1) is 35.0. The van der Waals surface area contributed by atoms with Crippen LogP contribution < -0.4 is 26.2 Å². The first-order valence-corrected chi connectivity index (χ1v) is 27.4. The van der Waals surface area contributed by atoms with Gasteiger partial charge in [0.05, 0.1) is 33.3 Å². The number of anilines is 6. The van der Waals surface area contributed by atoms with Crippen molar-refractivity contribution < 1.29 is 21.9 Å². The Morgan fingerprint density at radius 2 is 0.704 bits per heavy atom. The lowest BCUT2D eigenvalue weighted by molar-refractivity contribution is 0.835. The number of para-hydroxylation sites is 2. The van der Waals surface area contributed by atoms with Gasteiger partial charge in [0.15, 0.2) is 0 Å². The van der Waals surface area contributed by atoms with Gasteiger partial charge in [0.25, 0.3) is 6.71 Å². The van der Waals surface area contributed by atoms with Crippen LogP contribution >= 0.6 is 0 Å². The summed E-state index contributed by atoms with van der Waals surface area (Å²) in [6.07, 6.45) is 0. The molecule has 12 aromatic rings. The van der Waals surface area contributed by atoms with Gasteiger partial charge in [0, 0.05) is 45.0 Å². The number of fused-ring (bicyclic) bond motifs is 4. The first-order chi connectivity index (χ1) is 46.5. The quantitative estimate of drug-likeness (QED) is 0.119. The molecule has 0 amide bonds. The van der Waals surface area contributed by atoms with Gasteiger partial charge < -0.3 is 9.80 Å². The Balaban J connectivity index is 1.26. The summed E-state index contributed by atoms with van der Waals surface area (Å²) in [6, 6.07) is 51.7. The lowest BCUT2D eigenvalue weighted by atomic mass is 9.33. The highest BCUT2D eigenvalue weighted by Crippen LogP contribution is 2.54. The third-order valence-corrected chi connectivity index (χ3v) is 15.7. The molecular weight excluding hydrogens is 976 g/mol. The maximum atomic E-state index is 10.2. The van der Waals surface area contributed by atoms with Gasteiger partial charge in [-0.3, -0.25) is 0 Å². The van der Waals surface area contributed by atoms with Crippen LogP contribution in [0.1, 0.15) is 72.6 Å². The molecule has 0 saturated heterocycles. The zero-order chi connectivity index (χ0) is 68.5. The normalized spacial score (nSPS) is 15.1. The van der Waals surface area contributed by atoms with Gasteiger partial charge in [-0.1, -0.05) is 288 Å². The molecule has 0 spiro atoms. The van der Waals surface area contributed by atoms with Gasteiger partial charge in [0.2, 0.25) is 0 Å². The molecule has 2 aliphatic heterocycles. The van der Waals surface area contributed by atoms with Crippen molar-refractivity contribution in [2.24, 2.45) is 0 Å². The van der Waals surface area contributed by atoms with Gasteiger partial charge in [-0.25, -0.2) is 0 Å². The molecule has 81 heavy (non-hydrogen) atoms. The lowest BCUT2D eigenvalue weighted by Crippen LogP contribution is -2.61. The van der Waals surface area contributed by atoms with Crippen molar-refractivity contribution in [1.82, 2.24) is 0 Å². The van der Waals surface area contributed by atoms with Crippen LogP contribution in [0.2, 0.25) is 0 Å². The summed E-state index contributed by atoms with van der Waals surface area (Å²) < 4.78 is 151. The summed E-state index contributed by atoms with van der Waals surface area (Å²) >= 11 is 0. The SMILES string of the molecule is [2H]c1c([2H])c([2H])c(-c2ccc3c(c2)B2c4cc(-c5c([2H])c([2H])c([2H])c([2H])c5[2H])ccc4N(c4c(-c5ccccc5)c([2H])c([2H])c([2H])c4-c4ccccc4)c4cc(-c5ccc(C(C)C)cc5C(C)C)cc(c42)N3c2c(-c3ccccc3)c([2H])c([2H])c([2H])c2-c2ccccc2)c([2H])c1[2H]. The summed E-state index contributed by atoms with van der Waals surface area (Å²) in [6.45, 7) is 7.59. The minimum absolute atomic E-state index is 0.0337. The molecule has 0 radical (unpaired) electrons. The number of rotatable bonds is 11. The molecular formula is C78H61BN2. The van der Waals surface area contributed by atoms with Gasteiger partial charge in [-0.2, -0.15) is 0 Å². The molecule has 0 fully saturated rings. The molecule has 0 saturated carbocycles. The fourth-order valence-electron chi connectivity index (χ4n) is 11.9. The zero-order valence-corrected chi connectivity index (χ0v) is 45.0. The van der Waals surface area contributed by atoms with Crippen molar-refractivity contribution in [2.75, 3.05) is 9.80 Å². The molecule has 2 nitrogen and oxygen atoms in total. The number of hydrogen-bond donors (Lipinski definition) is 0. The molecule has 2 aliphatic rings. The predicted octanol–water partition coefficient (Wildman–Crippen LogP) is 19.7. The third kappa shape index (κ3) is 8.78. The molecule has 12 aromatic carbocycles. The van der Waals surface area contributed by atoms with E-state index in [1.54, 1.807) is 24.3 Å². The molecule has 386 valence electrons. The maximum absolute atomic E-state index is 10.2. The second kappa shape index (κ2) is 20.8. The average molecular weight is 1050 g/mol. The van der Waals surface area contributed by atoms with E-state index in [2.05, 4.69) is 58.0 Å². The van der Waals surface area contributed by atoms with E-state index in [1.807, 2.05) is 143 Å². The molecule has 0 unspecified atom stereocenters. The van der Waals surface area contributed by atoms with Crippen molar-refractivity contribution in [2.45, 2.75) is 39.5 Å². The third-order valence-electron chi connectivity index (χ3n) is 15.7. The molecule has 0 atom stereocenters. The summed E-state index contributed by atoms with van der Waals surface area (Å²) in [4.78, 5) is 4.05. The van der Waals surface area contributed by atoms with E-state index in [-0.39, 0.29) is 70.3 Å². The van der Waals surface area contributed by atoms with E-state index >= 15 is 0 Å². The van der Waals surface area contributed by atoms with E-state index in [4.69, 9.17) is 8.22 Å². The number of nitrogens with zero attached hydrogens (tertiary/aromatic N) is 2. The molecule has 0 aromatic heterocycles.